The van der Waals surface area contributed by atoms with E-state index in [4.69, 9.17) is 14.0 Å². The molecule has 1 N–H and O–H groups in total. The van der Waals surface area contributed by atoms with E-state index in [1.807, 2.05) is 25.1 Å². The number of carbonyl (C=O) groups is 1. The Bertz CT molecular complexity index is 1430. The molecule has 0 fully saturated rings. The molecule has 1 atom stereocenters. The van der Waals surface area contributed by atoms with Crippen LogP contribution >= 0.6 is 0 Å². The maximum Gasteiger partial charge on any atom is 0.326 e. The van der Waals surface area contributed by atoms with Crippen LogP contribution in [0.5, 0.6) is 11.5 Å². The van der Waals surface area contributed by atoms with Crippen LogP contribution in [0.15, 0.2) is 83.0 Å². The average molecular weight is 487 g/mol. The molecular formula is C27H23FN4O4. The number of nitrogens with one attached hydrogen (secondary N) is 1. The Balaban J connectivity index is 1.63. The summed E-state index contributed by atoms with van der Waals surface area (Å²) in [7, 11) is 3.16. The van der Waals surface area contributed by atoms with Crippen LogP contribution < -0.4 is 19.7 Å². The van der Waals surface area contributed by atoms with E-state index in [0.29, 0.717) is 45.4 Å². The number of methoxy groups -OCH3 is 2. The minimum Gasteiger partial charge on any atom is -0.497 e. The molecule has 0 spiro atoms. The highest BCUT2D eigenvalue weighted by Gasteiger charge is 2.36. The quantitative estimate of drug-likeness (QED) is 0.382. The molecule has 36 heavy (non-hydrogen) atoms. The Morgan fingerprint density at radius 2 is 1.69 bits per heavy atom. The van der Waals surface area contributed by atoms with Crippen molar-refractivity contribution < 1.29 is 23.2 Å². The molecular weight excluding hydrogens is 463 g/mol. The van der Waals surface area contributed by atoms with Crippen molar-refractivity contribution in [3.05, 3.63) is 95.8 Å². The fourth-order valence-electron chi connectivity index (χ4n) is 4.18. The number of hydrogen-bond acceptors (Lipinski definition) is 6. The summed E-state index contributed by atoms with van der Waals surface area (Å²) in [5, 5.41) is 7.17. The van der Waals surface area contributed by atoms with E-state index in [1.54, 1.807) is 56.7 Å². The molecule has 3 aromatic carbocycles. The molecule has 9 heteroatoms. The average Bonchev–Trinajstić information content (AvgIpc) is 3.39. The normalized spacial score (nSPS) is 15.6. The molecule has 0 aliphatic carbocycles. The number of hydrogen-bond donors (Lipinski definition) is 1. The minimum atomic E-state index is -0.633. The number of aromatic nitrogens is 2. The van der Waals surface area contributed by atoms with E-state index in [0.717, 1.165) is 0 Å². The Hall–Kier alpha value is -4.66. The Morgan fingerprint density at radius 3 is 2.39 bits per heavy atom. The molecule has 2 amide bonds. The topological polar surface area (TPSA) is 89.7 Å². The molecule has 182 valence electrons. The standard InChI is InChI=1S/C27H23FN4O4/c1-16-23(26-30-25(31-36-26)18-5-4-6-22(15-18)35-3)24(17-7-9-19(28)10-8-17)29-27(33)32(16)20-11-13-21(34-2)14-12-20/h4-15,24H,1-3H3,(H,29,33). The van der Waals surface area contributed by atoms with Gasteiger partial charge in [-0.05, 0) is 61.0 Å². The first-order valence-corrected chi connectivity index (χ1v) is 11.2. The van der Waals surface area contributed by atoms with Gasteiger partial charge in [-0.2, -0.15) is 4.98 Å². The van der Waals surface area contributed by atoms with Gasteiger partial charge < -0.3 is 19.3 Å². The van der Waals surface area contributed by atoms with Gasteiger partial charge in [0.15, 0.2) is 0 Å². The van der Waals surface area contributed by atoms with E-state index in [-0.39, 0.29) is 17.7 Å². The number of amides is 2. The number of allylic oxidation sites excluding steroid dienone is 1. The van der Waals surface area contributed by atoms with E-state index >= 15 is 0 Å². The number of nitrogens with zero attached hydrogens (tertiary/aromatic N) is 3. The van der Waals surface area contributed by atoms with Crippen LogP contribution in [-0.4, -0.2) is 30.4 Å². The Morgan fingerprint density at radius 1 is 0.972 bits per heavy atom. The summed E-state index contributed by atoms with van der Waals surface area (Å²) >= 11 is 0. The molecule has 1 aliphatic heterocycles. The van der Waals surface area contributed by atoms with Gasteiger partial charge in [0.25, 0.3) is 5.89 Å². The highest BCUT2D eigenvalue weighted by molar-refractivity contribution is 6.01. The second-order valence-corrected chi connectivity index (χ2v) is 8.12. The molecule has 0 saturated carbocycles. The van der Waals surface area contributed by atoms with Crippen LogP contribution in [-0.2, 0) is 0 Å². The summed E-state index contributed by atoms with van der Waals surface area (Å²) in [5.74, 6) is 1.56. The van der Waals surface area contributed by atoms with Gasteiger partial charge >= 0.3 is 6.03 Å². The van der Waals surface area contributed by atoms with Crippen molar-refractivity contribution in [3.8, 4) is 22.9 Å². The number of halogens is 1. The third-order valence-electron chi connectivity index (χ3n) is 6.00. The Labute approximate surface area is 207 Å². The molecule has 8 nitrogen and oxygen atoms in total. The maximum absolute atomic E-state index is 13.7. The summed E-state index contributed by atoms with van der Waals surface area (Å²) < 4.78 is 29.9. The van der Waals surface area contributed by atoms with Crippen molar-refractivity contribution in [1.82, 2.24) is 15.5 Å². The zero-order valence-electron chi connectivity index (χ0n) is 19.9. The number of anilines is 1. The monoisotopic (exact) mass is 486 g/mol. The van der Waals surface area contributed by atoms with Gasteiger partial charge in [-0.15, -0.1) is 0 Å². The zero-order chi connectivity index (χ0) is 25.2. The molecule has 0 saturated heterocycles. The molecule has 2 heterocycles. The first-order chi connectivity index (χ1) is 17.5. The van der Waals surface area contributed by atoms with Crippen molar-refractivity contribution in [2.75, 3.05) is 19.1 Å². The van der Waals surface area contributed by atoms with Crippen molar-refractivity contribution in [2.45, 2.75) is 13.0 Å². The molecule has 5 rings (SSSR count). The lowest BCUT2D eigenvalue weighted by molar-refractivity contribution is 0.244. The van der Waals surface area contributed by atoms with E-state index in [2.05, 4.69) is 15.5 Å². The van der Waals surface area contributed by atoms with E-state index in [1.165, 1.54) is 17.0 Å². The number of urea groups is 1. The SMILES string of the molecule is COc1ccc(N2C(=O)NC(c3ccc(F)cc3)C(c3nc(-c4cccc(OC)c4)no3)=C2C)cc1. The number of rotatable bonds is 6. The molecule has 0 radical (unpaired) electrons. The van der Waals surface area contributed by atoms with Crippen LogP contribution in [0.4, 0.5) is 14.9 Å². The van der Waals surface area contributed by atoms with Gasteiger partial charge in [0.05, 0.1) is 31.5 Å². The highest BCUT2D eigenvalue weighted by Crippen LogP contribution is 2.39. The fourth-order valence-corrected chi connectivity index (χ4v) is 4.18. The summed E-state index contributed by atoms with van der Waals surface area (Å²) in [6, 6.07) is 19.4. The van der Waals surface area contributed by atoms with Crippen molar-refractivity contribution >= 4 is 17.3 Å². The lowest BCUT2D eigenvalue weighted by atomic mass is 9.94. The summed E-state index contributed by atoms with van der Waals surface area (Å²) in [6.45, 7) is 1.81. The molecule has 1 aliphatic rings. The van der Waals surface area contributed by atoms with Crippen LogP contribution in [0.25, 0.3) is 17.0 Å². The van der Waals surface area contributed by atoms with Crippen LogP contribution in [0.3, 0.4) is 0 Å². The maximum atomic E-state index is 13.7. The third kappa shape index (κ3) is 4.26. The van der Waals surface area contributed by atoms with Gasteiger partial charge in [-0.3, -0.25) is 4.90 Å². The largest absolute Gasteiger partial charge is 0.497 e. The first kappa shape index (κ1) is 23.1. The van der Waals surface area contributed by atoms with Gasteiger partial charge in [0, 0.05) is 11.3 Å². The third-order valence-corrected chi connectivity index (χ3v) is 6.00. The summed E-state index contributed by atoms with van der Waals surface area (Å²) in [4.78, 5) is 19.5. The van der Waals surface area contributed by atoms with Gasteiger partial charge in [0.2, 0.25) is 5.82 Å². The van der Waals surface area contributed by atoms with Gasteiger partial charge in [0.1, 0.15) is 17.3 Å². The smallest absolute Gasteiger partial charge is 0.326 e. The molecule has 1 unspecified atom stereocenters. The fraction of sp³-hybridized carbons (Fsp3) is 0.148. The minimum absolute atomic E-state index is 0.234. The second-order valence-electron chi connectivity index (χ2n) is 8.12. The summed E-state index contributed by atoms with van der Waals surface area (Å²) in [5.41, 5.74) is 3.22. The molecule has 4 aromatic rings. The number of ether oxygens (including phenoxy) is 2. The van der Waals surface area contributed by atoms with Gasteiger partial charge in [-0.25, -0.2) is 9.18 Å². The van der Waals surface area contributed by atoms with Crippen LogP contribution in [0.1, 0.15) is 24.4 Å². The lowest BCUT2D eigenvalue weighted by Gasteiger charge is -2.35. The Kier molecular flexibility index (Phi) is 6.12. The van der Waals surface area contributed by atoms with Crippen LogP contribution in [0.2, 0.25) is 0 Å². The van der Waals surface area contributed by atoms with E-state index in [9.17, 15) is 9.18 Å². The molecule has 0 bridgehead atoms. The molecule has 1 aromatic heterocycles. The van der Waals surface area contributed by atoms with Crippen molar-refractivity contribution in [1.29, 1.82) is 0 Å². The summed E-state index contributed by atoms with van der Waals surface area (Å²) in [6.07, 6.45) is 0. The number of carbonyl (C=O) groups excluding carboxylic acids is 1. The van der Waals surface area contributed by atoms with Crippen molar-refractivity contribution in [2.24, 2.45) is 0 Å². The second kappa shape index (κ2) is 9.53. The lowest BCUT2D eigenvalue weighted by Crippen LogP contribution is -2.46. The van der Waals surface area contributed by atoms with E-state index < -0.39 is 6.04 Å². The zero-order valence-corrected chi connectivity index (χ0v) is 19.9. The first-order valence-electron chi connectivity index (χ1n) is 11.2. The predicted molar refractivity (Wildman–Crippen MR) is 132 cm³/mol. The van der Waals surface area contributed by atoms with Crippen LogP contribution in [0, 0.1) is 5.82 Å². The number of benzene rings is 3. The predicted octanol–water partition coefficient (Wildman–Crippen LogP) is 5.60. The van der Waals surface area contributed by atoms with Crippen molar-refractivity contribution in [3.63, 3.8) is 0 Å². The highest BCUT2D eigenvalue weighted by atomic mass is 19.1. The van der Waals surface area contributed by atoms with Gasteiger partial charge in [-0.1, -0.05) is 29.4 Å².